The zero-order chi connectivity index (χ0) is 22.2. The molecule has 2 amide bonds. The van der Waals surface area contributed by atoms with Gasteiger partial charge in [-0.2, -0.15) is 5.10 Å². The highest BCUT2D eigenvalue weighted by atomic mass is 79.9. The third-order valence-corrected chi connectivity index (χ3v) is 4.51. The van der Waals surface area contributed by atoms with Crippen LogP contribution in [0.5, 0.6) is 5.75 Å². The van der Waals surface area contributed by atoms with Gasteiger partial charge in [0.1, 0.15) is 5.75 Å². The lowest BCUT2D eigenvalue weighted by atomic mass is 10.2. The Morgan fingerprint density at radius 3 is 2.32 bits per heavy atom. The van der Waals surface area contributed by atoms with Gasteiger partial charge in [0.2, 0.25) is 5.91 Å². The summed E-state index contributed by atoms with van der Waals surface area (Å²) in [5.41, 5.74) is 4.31. The third-order valence-electron chi connectivity index (χ3n) is 4.02. The van der Waals surface area contributed by atoms with E-state index < -0.39 is 11.9 Å². The van der Waals surface area contributed by atoms with Gasteiger partial charge in [0.05, 0.1) is 11.8 Å². The molecule has 8 heteroatoms. The number of hydrogen-bond acceptors (Lipinski definition) is 5. The van der Waals surface area contributed by atoms with Crippen LogP contribution in [-0.2, 0) is 4.79 Å². The van der Waals surface area contributed by atoms with Crippen LogP contribution < -0.4 is 15.5 Å². The Bertz CT molecular complexity index is 1130. The minimum atomic E-state index is -0.499. The molecule has 7 nitrogen and oxygen atoms in total. The van der Waals surface area contributed by atoms with Gasteiger partial charge in [0.25, 0.3) is 5.91 Å². The number of amides is 2. The van der Waals surface area contributed by atoms with Crippen molar-refractivity contribution >= 4 is 45.6 Å². The quantitative estimate of drug-likeness (QED) is 0.237. The molecule has 0 heterocycles. The van der Waals surface area contributed by atoms with Crippen molar-refractivity contribution in [2.75, 3.05) is 5.32 Å². The van der Waals surface area contributed by atoms with Crippen LogP contribution in [-0.4, -0.2) is 24.0 Å². The first-order valence-corrected chi connectivity index (χ1v) is 9.99. The molecule has 0 fully saturated rings. The molecule has 156 valence electrons. The van der Waals surface area contributed by atoms with Crippen LogP contribution in [0.2, 0.25) is 0 Å². The number of nitrogens with zero attached hydrogens (tertiary/aromatic N) is 1. The standard InChI is InChI=1S/C23H18BrN3O4/c1-15(28)26-20-10-7-16(8-11-20)22(29)27-25-14-18-13-19(24)9-12-21(18)31-23(30)17-5-3-2-4-6-17/h2-14H,1H3,(H,26,28)(H,27,29)/b25-14+. The maximum atomic E-state index is 12.3. The van der Waals surface area contributed by atoms with E-state index in [0.29, 0.717) is 28.1 Å². The maximum Gasteiger partial charge on any atom is 0.343 e. The number of esters is 1. The molecule has 0 aliphatic carbocycles. The van der Waals surface area contributed by atoms with Crippen LogP contribution in [0.15, 0.2) is 82.4 Å². The van der Waals surface area contributed by atoms with Crippen molar-refractivity contribution in [2.45, 2.75) is 6.92 Å². The van der Waals surface area contributed by atoms with Crippen molar-refractivity contribution in [2.24, 2.45) is 5.10 Å². The first-order valence-electron chi connectivity index (χ1n) is 9.20. The fourth-order valence-electron chi connectivity index (χ4n) is 2.58. The number of carbonyl (C=O) groups is 3. The molecular formula is C23H18BrN3O4. The number of nitrogens with one attached hydrogen (secondary N) is 2. The Labute approximate surface area is 187 Å². The summed E-state index contributed by atoms with van der Waals surface area (Å²) in [5, 5.41) is 6.59. The topological polar surface area (TPSA) is 96.9 Å². The summed E-state index contributed by atoms with van der Waals surface area (Å²) in [5.74, 6) is -0.821. The summed E-state index contributed by atoms with van der Waals surface area (Å²) in [4.78, 5) is 35.7. The molecule has 0 spiro atoms. The minimum absolute atomic E-state index is 0.195. The Hall–Kier alpha value is -3.78. The lowest BCUT2D eigenvalue weighted by Crippen LogP contribution is -2.18. The van der Waals surface area contributed by atoms with Crippen molar-refractivity contribution in [3.8, 4) is 5.75 Å². The molecule has 3 aromatic rings. The molecule has 0 radical (unpaired) electrons. The number of halogens is 1. The molecule has 0 aliphatic rings. The monoisotopic (exact) mass is 479 g/mol. The van der Waals surface area contributed by atoms with Crippen LogP contribution in [0.3, 0.4) is 0 Å². The van der Waals surface area contributed by atoms with Gasteiger partial charge in [-0.15, -0.1) is 0 Å². The third kappa shape index (κ3) is 6.35. The van der Waals surface area contributed by atoms with Gasteiger partial charge in [0, 0.05) is 28.2 Å². The van der Waals surface area contributed by atoms with Crippen LogP contribution in [0.4, 0.5) is 5.69 Å². The maximum absolute atomic E-state index is 12.3. The molecule has 0 saturated heterocycles. The van der Waals surface area contributed by atoms with Gasteiger partial charge in [0.15, 0.2) is 0 Å². The summed E-state index contributed by atoms with van der Waals surface area (Å²) in [6.07, 6.45) is 1.39. The average molecular weight is 480 g/mol. The van der Waals surface area contributed by atoms with Gasteiger partial charge in [-0.1, -0.05) is 34.1 Å². The number of hydrogen-bond donors (Lipinski definition) is 2. The van der Waals surface area contributed by atoms with Gasteiger partial charge >= 0.3 is 5.97 Å². The fraction of sp³-hybridized carbons (Fsp3) is 0.0435. The number of ether oxygens (including phenoxy) is 1. The second-order valence-corrected chi connectivity index (χ2v) is 7.31. The van der Waals surface area contributed by atoms with E-state index in [9.17, 15) is 14.4 Å². The predicted molar refractivity (Wildman–Crippen MR) is 121 cm³/mol. The summed E-state index contributed by atoms with van der Waals surface area (Å²) in [6, 6.07) is 20.1. The molecule has 0 atom stereocenters. The van der Waals surface area contributed by atoms with Gasteiger partial charge in [-0.05, 0) is 54.6 Å². The number of carbonyl (C=O) groups excluding carboxylic acids is 3. The molecule has 3 rings (SSSR count). The fourth-order valence-corrected chi connectivity index (χ4v) is 2.96. The van der Waals surface area contributed by atoms with E-state index in [4.69, 9.17) is 4.74 Å². The molecule has 31 heavy (non-hydrogen) atoms. The van der Waals surface area contributed by atoms with Gasteiger partial charge in [-0.25, -0.2) is 10.2 Å². The molecule has 0 aromatic heterocycles. The van der Waals surface area contributed by atoms with Crippen molar-refractivity contribution in [1.82, 2.24) is 5.43 Å². The molecule has 3 aromatic carbocycles. The molecular weight excluding hydrogens is 462 g/mol. The number of anilines is 1. The van der Waals surface area contributed by atoms with Gasteiger partial charge in [-0.3, -0.25) is 9.59 Å². The Morgan fingerprint density at radius 1 is 0.935 bits per heavy atom. The number of benzene rings is 3. The second-order valence-electron chi connectivity index (χ2n) is 6.40. The van der Waals surface area contributed by atoms with E-state index in [1.165, 1.54) is 13.1 Å². The number of hydrazone groups is 1. The first kappa shape index (κ1) is 21.9. The highest BCUT2D eigenvalue weighted by Crippen LogP contribution is 2.23. The normalized spacial score (nSPS) is 10.5. The Balaban J connectivity index is 1.68. The van der Waals surface area contributed by atoms with Crippen LogP contribution in [0, 0.1) is 0 Å². The number of rotatable bonds is 6. The zero-order valence-electron chi connectivity index (χ0n) is 16.5. The lowest BCUT2D eigenvalue weighted by Gasteiger charge is -2.08. The summed E-state index contributed by atoms with van der Waals surface area (Å²) in [6.45, 7) is 1.41. The Kier molecular flexibility index (Phi) is 7.29. The second kappa shape index (κ2) is 10.3. The van der Waals surface area contributed by atoms with Gasteiger partial charge < -0.3 is 10.1 Å². The van der Waals surface area contributed by atoms with E-state index in [1.807, 2.05) is 6.07 Å². The van der Waals surface area contributed by atoms with Crippen LogP contribution >= 0.6 is 15.9 Å². The predicted octanol–water partition coefficient (Wildman–Crippen LogP) is 4.39. The highest BCUT2D eigenvalue weighted by Gasteiger charge is 2.11. The van der Waals surface area contributed by atoms with Crippen molar-refractivity contribution < 1.29 is 19.1 Å². The summed E-state index contributed by atoms with van der Waals surface area (Å²) < 4.78 is 6.23. The van der Waals surface area contributed by atoms with Crippen LogP contribution in [0.25, 0.3) is 0 Å². The average Bonchev–Trinajstić information content (AvgIpc) is 2.76. The molecule has 0 unspecified atom stereocenters. The molecule has 0 saturated carbocycles. The molecule has 2 N–H and O–H groups in total. The lowest BCUT2D eigenvalue weighted by molar-refractivity contribution is -0.114. The molecule has 0 bridgehead atoms. The highest BCUT2D eigenvalue weighted by molar-refractivity contribution is 9.10. The Morgan fingerprint density at radius 2 is 1.65 bits per heavy atom. The van der Waals surface area contributed by atoms with Crippen molar-refractivity contribution in [1.29, 1.82) is 0 Å². The molecule has 0 aliphatic heterocycles. The zero-order valence-corrected chi connectivity index (χ0v) is 18.0. The van der Waals surface area contributed by atoms with E-state index in [0.717, 1.165) is 4.47 Å². The van der Waals surface area contributed by atoms with E-state index in [2.05, 4.69) is 31.8 Å². The van der Waals surface area contributed by atoms with Crippen LogP contribution in [0.1, 0.15) is 33.2 Å². The SMILES string of the molecule is CC(=O)Nc1ccc(C(=O)N/N=C/c2cc(Br)ccc2OC(=O)c2ccccc2)cc1. The van der Waals surface area contributed by atoms with E-state index in [1.54, 1.807) is 66.7 Å². The smallest absolute Gasteiger partial charge is 0.343 e. The summed E-state index contributed by atoms with van der Waals surface area (Å²) >= 11 is 3.37. The summed E-state index contributed by atoms with van der Waals surface area (Å²) in [7, 11) is 0. The minimum Gasteiger partial charge on any atom is -0.422 e. The van der Waals surface area contributed by atoms with E-state index in [-0.39, 0.29) is 5.91 Å². The van der Waals surface area contributed by atoms with Crippen molar-refractivity contribution in [3.05, 3.63) is 94.0 Å². The largest absolute Gasteiger partial charge is 0.422 e. The first-order chi connectivity index (χ1) is 14.9. The van der Waals surface area contributed by atoms with E-state index >= 15 is 0 Å². The van der Waals surface area contributed by atoms with Crippen molar-refractivity contribution in [3.63, 3.8) is 0 Å².